The summed E-state index contributed by atoms with van der Waals surface area (Å²) in [5.41, 5.74) is 1.27. The summed E-state index contributed by atoms with van der Waals surface area (Å²) >= 11 is 0. The van der Waals surface area contributed by atoms with Crippen LogP contribution in [0.5, 0.6) is 0 Å². The first-order chi connectivity index (χ1) is 11.4. The van der Waals surface area contributed by atoms with Crippen molar-refractivity contribution in [3.63, 3.8) is 0 Å². The summed E-state index contributed by atoms with van der Waals surface area (Å²) in [5.74, 6) is 1.72. The first-order valence-electron chi connectivity index (χ1n) is 7.54. The molecule has 0 fully saturated rings. The molecule has 0 spiro atoms. The smallest absolute Gasteiger partial charge is 0.238 e. The van der Waals surface area contributed by atoms with Gasteiger partial charge in [0.05, 0.1) is 19.6 Å². The maximum Gasteiger partial charge on any atom is 0.238 e. The first-order valence-corrected chi connectivity index (χ1v) is 7.54. The fraction of sp³-hybridized carbons (Fsp3) is 0.353. The van der Waals surface area contributed by atoms with Crippen LogP contribution in [-0.2, 0) is 14.4 Å². The lowest BCUT2D eigenvalue weighted by Crippen LogP contribution is -2.41. The summed E-state index contributed by atoms with van der Waals surface area (Å²) in [6, 6.07) is 6.78. The standard InChI is InChI=1S/C17H22N4O3/c1-4-10-18-16(23)11-21(5-2)12-17(24)20-15-8-6-14(7-9-15)19-13(3)22/h1,6-9H,5,10-12H2,2-3H3,(H,18,23)(H,19,22)(H,20,24). The van der Waals surface area contributed by atoms with E-state index in [9.17, 15) is 14.4 Å². The second-order valence-electron chi connectivity index (χ2n) is 5.09. The highest BCUT2D eigenvalue weighted by Crippen LogP contribution is 2.13. The minimum atomic E-state index is -0.228. The van der Waals surface area contributed by atoms with Crippen LogP contribution in [0.25, 0.3) is 0 Å². The van der Waals surface area contributed by atoms with Gasteiger partial charge in [-0.05, 0) is 30.8 Å². The highest BCUT2D eigenvalue weighted by molar-refractivity contribution is 5.93. The lowest BCUT2D eigenvalue weighted by molar-refractivity contribution is -0.123. The second kappa shape index (κ2) is 10.0. The Morgan fingerprint density at radius 2 is 1.58 bits per heavy atom. The van der Waals surface area contributed by atoms with Gasteiger partial charge in [-0.25, -0.2) is 0 Å². The summed E-state index contributed by atoms with van der Waals surface area (Å²) in [5, 5.41) is 7.95. The topological polar surface area (TPSA) is 90.5 Å². The Balaban J connectivity index is 2.50. The fourth-order valence-corrected chi connectivity index (χ4v) is 1.93. The van der Waals surface area contributed by atoms with Crippen molar-refractivity contribution in [2.45, 2.75) is 13.8 Å². The number of nitrogens with one attached hydrogen (secondary N) is 3. The Kier molecular flexibility index (Phi) is 8.02. The van der Waals surface area contributed by atoms with Crippen LogP contribution in [0, 0.1) is 12.3 Å². The van der Waals surface area contributed by atoms with E-state index in [1.165, 1.54) is 6.92 Å². The maximum absolute atomic E-state index is 12.1. The molecule has 3 N–H and O–H groups in total. The lowest BCUT2D eigenvalue weighted by atomic mass is 10.2. The van der Waals surface area contributed by atoms with Crippen molar-refractivity contribution in [2.75, 3.05) is 36.8 Å². The molecule has 0 aromatic heterocycles. The molecule has 7 heteroatoms. The van der Waals surface area contributed by atoms with E-state index in [0.717, 1.165) is 0 Å². The number of rotatable bonds is 8. The fourth-order valence-electron chi connectivity index (χ4n) is 1.93. The SMILES string of the molecule is C#CCNC(=O)CN(CC)CC(=O)Nc1ccc(NC(C)=O)cc1. The zero-order chi connectivity index (χ0) is 17.9. The van der Waals surface area contributed by atoms with E-state index in [1.54, 1.807) is 29.2 Å². The molecule has 0 bridgehead atoms. The second-order valence-corrected chi connectivity index (χ2v) is 5.09. The first kappa shape index (κ1) is 19.2. The van der Waals surface area contributed by atoms with E-state index in [4.69, 9.17) is 6.42 Å². The normalized spacial score (nSPS) is 9.92. The number of carbonyl (C=O) groups excluding carboxylic acids is 3. The van der Waals surface area contributed by atoms with Gasteiger partial charge in [0.2, 0.25) is 17.7 Å². The van der Waals surface area contributed by atoms with Gasteiger partial charge >= 0.3 is 0 Å². The van der Waals surface area contributed by atoms with Crippen LogP contribution in [0.4, 0.5) is 11.4 Å². The molecular weight excluding hydrogens is 308 g/mol. The molecule has 3 amide bonds. The van der Waals surface area contributed by atoms with Crippen molar-refractivity contribution in [3.8, 4) is 12.3 Å². The molecule has 128 valence electrons. The number of amides is 3. The quantitative estimate of drug-likeness (QED) is 0.611. The van der Waals surface area contributed by atoms with Crippen molar-refractivity contribution in [1.29, 1.82) is 0 Å². The lowest BCUT2D eigenvalue weighted by Gasteiger charge is -2.19. The van der Waals surface area contributed by atoms with Gasteiger partial charge in [-0.2, -0.15) is 0 Å². The number of carbonyl (C=O) groups is 3. The highest BCUT2D eigenvalue weighted by Gasteiger charge is 2.13. The van der Waals surface area contributed by atoms with E-state index in [1.807, 2.05) is 6.92 Å². The van der Waals surface area contributed by atoms with Crippen LogP contribution >= 0.6 is 0 Å². The Hall–Kier alpha value is -2.85. The Morgan fingerprint density at radius 3 is 2.08 bits per heavy atom. The van der Waals surface area contributed by atoms with Crippen molar-refractivity contribution in [2.24, 2.45) is 0 Å². The summed E-state index contributed by atoms with van der Waals surface area (Å²) in [4.78, 5) is 36.3. The predicted molar refractivity (Wildman–Crippen MR) is 93.3 cm³/mol. The van der Waals surface area contributed by atoms with Crippen LogP contribution in [0.2, 0.25) is 0 Å². The number of nitrogens with zero attached hydrogens (tertiary/aromatic N) is 1. The molecule has 0 aliphatic heterocycles. The number of likely N-dealkylation sites (N-methyl/N-ethyl adjacent to an activating group) is 1. The molecule has 1 aromatic carbocycles. The maximum atomic E-state index is 12.1. The van der Waals surface area contributed by atoms with E-state index in [-0.39, 0.29) is 37.4 Å². The zero-order valence-corrected chi connectivity index (χ0v) is 13.9. The third-order valence-corrected chi connectivity index (χ3v) is 3.06. The molecular formula is C17H22N4O3. The van der Waals surface area contributed by atoms with Crippen LogP contribution in [0.1, 0.15) is 13.8 Å². The van der Waals surface area contributed by atoms with Gasteiger partial charge in [0, 0.05) is 18.3 Å². The van der Waals surface area contributed by atoms with Crippen molar-refractivity contribution >= 4 is 29.1 Å². The van der Waals surface area contributed by atoms with E-state index in [2.05, 4.69) is 21.9 Å². The number of terminal acetylenes is 1. The molecule has 0 heterocycles. The zero-order valence-electron chi connectivity index (χ0n) is 13.9. The van der Waals surface area contributed by atoms with E-state index >= 15 is 0 Å². The van der Waals surface area contributed by atoms with Crippen molar-refractivity contribution in [3.05, 3.63) is 24.3 Å². The van der Waals surface area contributed by atoms with Crippen molar-refractivity contribution < 1.29 is 14.4 Å². The molecule has 1 rings (SSSR count). The van der Waals surface area contributed by atoms with Crippen LogP contribution < -0.4 is 16.0 Å². The minimum Gasteiger partial charge on any atom is -0.344 e. The molecule has 0 saturated carbocycles. The highest BCUT2D eigenvalue weighted by atomic mass is 16.2. The Bertz CT molecular complexity index is 620. The van der Waals surface area contributed by atoms with Gasteiger partial charge < -0.3 is 16.0 Å². The molecule has 1 aromatic rings. The Morgan fingerprint density at radius 1 is 1.04 bits per heavy atom. The average Bonchev–Trinajstić information content (AvgIpc) is 2.53. The van der Waals surface area contributed by atoms with Gasteiger partial charge in [-0.15, -0.1) is 6.42 Å². The molecule has 0 aliphatic rings. The largest absolute Gasteiger partial charge is 0.344 e. The van der Waals surface area contributed by atoms with Crippen molar-refractivity contribution in [1.82, 2.24) is 10.2 Å². The molecule has 0 saturated heterocycles. The third-order valence-electron chi connectivity index (χ3n) is 3.06. The molecule has 24 heavy (non-hydrogen) atoms. The summed E-state index contributed by atoms with van der Waals surface area (Å²) < 4.78 is 0. The Labute approximate surface area is 141 Å². The third kappa shape index (κ3) is 7.42. The van der Waals surface area contributed by atoms with E-state index < -0.39 is 0 Å². The van der Waals surface area contributed by atoms with Gasteiger partial charge in [0.1, 0.15) is 0 Å². The van der Waals surface area contributed by atoms with Gasteiger partial charge in [0.25, 0.3) is 0 Å². The number of hydrogen-bond donors (Lipinski definition) is 3. The van der Waals surface area contributed by atoms with Gasteiger partial charge in [-0.3, -0.25) is 19.3 Å². The van der Waals surface area contributed by atoms with Crippen LogP contribution in [0.15, 0.2) is 24.3 Å². The molecule has 0 atom stereocenters. The molecule has 0 radical (unpaired) electrons. The number of benzene rings is 1. The number of hydrogen-bond acceptors (Lipinski definition) is 4. The van der Waals surface area contributed by atoms with Gasteiger partial charge in [-0.1, -0.05) is 12.8 Å². The van der Waals surface area contributed by atoms with Crippen LogP contribution in [0.3, 0.4) is 0 Å². The summed E-state index contributed by atoms with van der Waals surface area (Å²) in [6.45, 7) is 4.21. The van der Waals surface area contributed by atoms with Gasteiger partial charge in [0.15, 0.2) is 0 Å². The van der Waals surface area contributed by atoms with E-state index in [0.29, 0.717) is 17.9 Å². The minimum absolute atomic E-state index is 0.0907. The molecule has 0 unspecified atom stereocenters. The molecule has 0 aliphatic carbocycles. The average molecular weight is 330 g/mol. The summed E-state index contributed by atoms with van der Waals surface area (Å²) in [6.07, 6.45) is 5.08. The molecule has 7 nitrogen and oxygen atoms in total. The van der Waals surface area contributed by atoms with Crippen LogP contribution in [-0.4, -0.2) is 48.8 Å². The number of anilines is 2. The summed E-state index contributed by atoms with van der Waals surface area (Å²) in [7, 11) is 0. The monoisotopic (exact) mass is 330 g/mol. The predicted octanol–water partition coefficient (Wildman–Crippen LogP) is 0.655.